The molecule has 2 amide bonds. The van der Waals surface area contributed by atoms with E-state index in [9.17, 15) is 9.59 Å². The maximum absolute atomic E-state index is 14.1. The van der Waals surface area contributed by atoms with Crippen LogP contribution in [0.4, 0.5) is 5.69 Å². The molecule has 5 nitrogen and oxygen atoms in total. The van der Waals surface area contributed by atoms with Crippen LogP contribution in [0.2, 0.25) is 0 Å². The Morgan fingerprint density at radius 2 is 1.48 bits per heavy atom. The van der Waals surface area contributed by atoms with E-state index in [0.29, 0.717) is 24.3 Å². The van der Waals surface area contributed by atoms with Crippen molar-refractivity contribution < 1.29 is 9.59 Å². The molecule has 1 aromatic heterocycles. The fourth-order valence-electron chi connectivity index (χ4n) is 6.61. The quantitative estimate of drug-likeness (QED) is 0.253. The van der Waals surface area contributed by atoms with Gasteiger partial charge >= 0.3 is 0 Å². The number of fused-ring (bicyclic) bond motifs is 3. The predicted molar refractivity (Wildman–Crippen MR) is 167 cm³/mol. The maximum atomic E-state index is 14.1. The number of aromatic nitrogens is 1. The molecule has 1 aliphatic heterocycles. The van der Waals surface area contributed by atoms with Gasteiger partial charge in [-0.3, -0.25) is 9.59 Å². The summed E-state index contributed by atoms with van der Waals surface area (Å²) < 4.78 is 2.06. The highest BCUT2D eigenvalue weighted by atomic mass is 16.2. The molecule has 0 saturated carbocycles. The minimum atomic E-state index is -0.0809. The molecular weight excluding hydrogens is 518 g/mol. The Labute approximate surface area is 246 Å². The van der Waals surface area contributed by atoms with Crippen molar-refractivity contribution in [1.82, 2.24) is 9.88 Å². The number of carbonyl (C=O) groups is 2. The first-order chi connectivity index (χ1) is 20.5. The van der Waals surface area contributed by atoms with E-state index in [-0.39, 0.29) is 17.9 Å². The third-order valence-corrected chi connectivity index (χ3v) is 8.83. The van der Waals surface area contributed by atoms with Gasteiger partial charge in [-0.25, -0.2) is 0 Å². The van der Waals surface area contributed by atoms with Crippen LogP contribution >= 0.6 is 0 Å². The monoisotopic (exact) mass is 551 g/mol. The van der Waals surface area contributed by atoms with E-state index in [2.05, 4.69) is 60.1 Å². The van der Waals surface area contributed by atoms with Crippen LogP contribution in [-0.4, -0.2) is 16.4 Å². The Balaban J connectivity index is 1.19. The highest BCUT2D eigenvalue weighted by Crippen LogP contribution is 2.34. The normalized spacial score (nSPS) is 15.4. The number of amides is 2. The molecule has 1 unspecified atom stereocenters. The van der Waals surface area contributed by atoms with E-state index < -0.39 is 0 Å². The molecule has 208 valence electrons. The van der Waals surface area contributed by atoms with Gasteiger partial charge in [0.15, 0.2) is 0 Å². The standard InChI is InChI=1S/C37H33N3O2/c1-24-9-3-6-12-30(24)31-18-15-27(21-25(31)2)37(42)40-23-29-17-20-35(39(29)22-28-11-5-8-14-34(28)40)36(41)38-33-19-16-26-10-4-7-13-32(26)33/h3-15,17-18,20-21,33H,16,19,22-23H2,1-2H3,(H,38,41). The van der Waals surface area contributed by atoms with Crippen LogP contribution in [0.5, 0.6) is 0 Å². The zero-order chi connectivity index (χ0) is 28.8. The van der Waals surface area contributed by atoms with E-state index >= 15 is 0 Å². The zero-order valence-electron chi connectivity index (χ0n) is 23.9. The third-order valence-electron chi connectivity index (χ3n) is 8.83. The first-order valence-electron chi connectivity index (χ1n) is 14.6. The molecule has 0 saturated heterocycles. The third kappa shape index (κ3) is 4.51. The molecule has 5 heteroatoms. The minimum absolute atomic E-state index is 0.0156. The van der Waals surface area contributed by atoms with E-state index in [1.807, 2.05) is 71.6 Å². The molecule has 1 aliphatic carbocycles. The molecule has 7 rings (SSSR count). The van der Waals surface area contributed by atoms with Gasteiger partial charge in [0.1, 0.15) is 5.69 Å². The number of aryl methyl sites for hydroxylation is 3. The lowest BCUT2D eigenvalue weighted by atomic mass is 9.95. The SMILES string of the molecule is Cc1ccccc1-c1ccc(C(=O)N2Cc3ccc(C(=O)NC4CCc5ccccc54)n3Cc3ccccc32)cc1C. The van der Waals surface area contributed by atoms with Crippen molar-refractivity contribution in [2.24, 2.45) is 0 Å². The number of carbonyl (C=O) groups excluding carboxylic acids is 2. The Morgan fingerprint density at radius 1 is 0.738 bits per heavy atom. The number of nitrogens with zero attached hydrogens (tertiary/aromatic N) is 2. The smallest absolute Gasteiger partial charge is 0.268 e. The van der Waals surface area contributed by atoms with Crippen molar-refractivity contribution in [3.8, 4) is 11.1 Å². The van der Waals surface area contributed by atoms with Gasteiger partial charge in [0.25, 0.3) is 11.8 Å². The Bertz CT molecular complexity index is 1850. The lowest BCUT2D eigenvalue weighted by Crippen LogP contribution is -2.31. The van der Waals surface area contributed by atoms with Crippen LogP contribution in [0.15, 0.2) is 103 Å². The summed E-state index contributed by atoms with van der Waals surface area (Å²) in [5.74, 6) is -0.132. The molecule has 1 atom stereocenters. The summed E-state index contributed by atoms with van der Waals surface area (Å²) in [6.07, 6.45) is 1.88. The molecular formula is C37H33N3O2. The zero-order valence-corrected chi connectivity index (χ0v) is 23.9. The lowest BCUT2D eigenvalue weighted by Gasteiger charge is -2.23. The average molecular weight is 552 g/mol. The molecule has 0 radical (unpaired) electrons. The summed E-state index contributed by atoms with van der Waals surface area (Å²) in [4.78, 5) is 29.6. The molecule has 0 fully saturated rings. The summed E-state index contributed by atoms with van der Waals surface area (Å²) >= 11 is 0. The molecule has 5 aromatic rings. The summed E-state index contributed by atoms with van der Waals surface area (Å²) in [6.45, 7) is 5.08. The number of rotatable bonds is 4. The Hall–Kier alpha value is -4.90. The van der Waals surface area contributed by atoms with E-state index in [4.69, 9.17) is 0 Å². The molecule has 0 bridgehead atoms. The first kappa shape index (κ1) is 26.0. The fraction of sp³-hybridized carbons (Fsp3) is 0.189. The lowest BCUT2D eigenvalue weighted by molar-refractivity contribution is 0.0927. The van der Waals surface area contributed by atoms with Crippen LogP contribution in [0, 0.1) is 13.8 Å². The van der Waals surface area contributed by atoms with Gasteiger partial charge in [-0.15, -0.1) is 0 Å². The number of nitrogens with one attached hydrogen (secondary N) is 1. The van der Waals surface area contributed by atoms with Gasteiger partial charge in [-0.2, -0.15) is 0 Å². The van der Waals surface area contributed by atoms with Crippen molar-refractivity contribution in [2.75, 3.05) is 4.90 Å². The first-order valence-corrected chi connectivity index (χ1v) is 14.6. The van der Waals surface area contributed by atoms with Crippen LogP contribution in [0.1, 0.15) is 66.8 Å². The summed E-state index contributed by atoms with van der Waals surface area (Å²) in [7, 11) is 0. The predicted octanol–water partition coefficient (Wildman–Crippen LogP) is 7.40. The second-order valence-electron chi connectivity index (χ2n) is 11.4. The summed E-state index contributed by atoms with van der Waals surface area (Å²) in [6, 6.07) is 34.6. The summed E-state index contributed by atoms with van der Waals surface area (Å²) in [5.41, 5.74) is 11.2. The molecule has 4 aromatic carbocycles. The van der Waals surface area contributed by atoms with Crippen molar-refractivity contribution in [1.29, 1.82) is 0 Å². The van der Waals surface area contributed by atoms with Crippen molar-refractivity contribution in [2.45, 2.75) is 45.8 Å². The van der Waals surface area contributed by atoms with Gasteiger partial charge in [0.2, 0.25) is 0 Å². The van der Waals surface area contributed by atoms with Crippen molar-refractivity contribution >= 4 is 17.5 Å². The number of para-hydroxylation sites is 1. The largest absolute Gasteiger partial charge is 0.344 e. The maximum Gasteiger partial charge on any atom is 0.268 e. The molecule has 2 heterocycles. The topological polar surface area (TPSA) is 54.3 Å². The highest BCUT2D eigenvalue weighted by molar-refractivity contribution is 6.07. The molecule has 1 N–H and O–H groups in total. The van der Waals surface area contributed by atoms with Crippen LogP contribution in [0.25, 0.3) is 11.1 Å². The fourth-order valence-corrected chi connectivity index (χ4v) is 6.61. The number of hydrogen-bond acceptors (Lipinski definition) is 2. The number of hydrogen-bond donors (Lipinski definition) is 1. The number of anilines is 1. The Morgan fingerprint density at radius 3 is 2.31 bits per heavy atom. The Kier molecular flexibility index (Phi) is 6.50. The van der Waals surface area contributed by atoms with E-state index in [1.54, 1.807) is 0 Å². The number of benzene rings is 4. The van der Waals surface area contributed by atoms with Crippen LogP contribution < -0.4 is 10.2 Å². The second kappa shape index (κ2) is 10.5. The van der Waals surface area contributed by atoms with E-state index in [0.717, 1.165) is 40.9 Å². The van der Waals surface area contributed by atoms with Gasteiger partial charge < -0.3 is 14.8 Å². The highest BCUT2D eigenvalue weighted by Gasteiger charge is 2.29. The minimum Gasteiger partial charge on any atom is -0.344 e. The average Bonchev–Trinajstić information content (AvgIpc) is 3.55. The van der Waals surface area contributed by atoms with Crippen LogP contribution in [0.3, 0.4) is 0 Å². The van der Waals surface area contributed by atoms with E-state index in [1.165, 1.54) is 22.3 Å². The second-order valence-corrected chi connectivity index (χ2v) is 11.4. The van der Waals surface area contributed by atoms with Gasteiger partial charge in [-0.05, 0) is 96.0 Å². The van der Waals surface area contributed by atoms with Gasteiger partial charge in [-0.1, -0.05) is 72.8 Å². The summed E-state index contributed by atoms with van der Waals surface area (Å²) in [5, 5.41) is 3.28. The van der Waals surface area contributed by atoms with Gasteiger partial charge in [0, 0.05) is 16.9 Å². The molecule has 42 heavy (non-hydrogen) atoms. The van der Waals surface area contributed by atoms with Gasteiger partial charge in [0.05, 0.1) is 19.1 Å². The van der Waals surface area contributed by atoms with Crippen LogP contribution in [-0.2, 0) is 19.5 Å². The van der Waals surface area contributed by atoms with Crippen molar-refractivity contribution in [3.05, 3.63) is 148 Å². The molecule has 0 spiro atoms. The van der Waals surface area contributed by atoms with Crippen molar-refractivity contribution in [3.63, 3.8) is 0 Å². The molecule has 2 aliphatic rings.